The Morgan fingerprint density at radius 2 is 0.891 bits per heavy atom. The van der Waals surface area contributed by atoms with Crippen LogP contribution < -0.4 is 9.47 Å². The SMILES string of the molecule is C=C(C)C(CCC(C)CCOC(=O)C(C)C(=O)OCCC(C)CCC(C(=C)C)C(=O)Oc1ccccc1)C(=O)Oc1ccccc1. The lowest BCUT2D eigenvalue weighted by Gasteiger charge is -2.19. The molecular weight excluding hydrogens is 584 g/mol. The van der Waals surface area contributed by atoms with Crippen LogP contribution in [0.25, 0.3) is 0 Å². The van der Waals surface area contributed by atoms with E-state index in [-0.39, 0.29) is 37.0 Å². The second-order valence-corrected chi connectivity index (χ2v) is 12.3. The van der Waals surface area contributed by atoms with Crippen LogP contribution in [-0.2, 0) is 28.7 Å². The quantitative estimate of drug-likeness (QED) is 0.0626. The molecule has 4 unspecified atom stereocenters. The Labute approximate surface area is 274 Å². The molecule has 0 heterocycles. The van der Waals surface area contributed by atoms with E-state index in [0.29, 0.717) is 37.2 Å². The summed E-state index contributed by atoms with van der Waals surface area (Å²) in [5, 5.41) is 0. The van der Waals surface area contributed by atoms with Gasteiger partial charge in [0.2, 0.25) is 0 Å². The van der Waals surface area contributed by atoms with Crippen LogP contribution in [0, 0.1) is 29.6 Å². The molecule has 0 radical (unpaired) electrons. The Kier molecular flexibility index (Phi) is 16.5. The standard InChI is InChI=1S/C38H50O8/c1-26(2)33(37(41)45-31-14-10-8-11-15-31)20-18-28(5)22-24-43-35(39)30(7)36(40)44-25-23-29(6)19-21-34(27(3)4)38(42)46-32-16-12-9-13-17-32/h8-17,28-30,33-34H,1,3,18-25H2,2,4-7H3. The summed E-state index contributed by atoms with van der Waals surface area (Å²) < 4.78 is 21.7. The van der Waals surface area contributed by atoms with Crippen molar-refractivity contribution in [1.82, 2.24) is 0 Å². The molecule has 0 fully saturated rings. The third kappa shape index (κ3) is 13.8. The van der Waals surface area contributed by atoms with Crippen molar-refractivity contribution in [3.05, 3.63) is 85.0 Å². The summed E-state index contributed by atoms with van der Waals surface area (Å²) in [7, 11) is 0. The predicted molar refractivity (Wildman–Crippen MR) is 178 cm³/mol. The van der Waals surface area contributed by atoms with Crippen molar-refractivity contribution in [1.29, 1.82) is 0 Å². The molecule has 4 atom stereocenters. The van der Waals surface area contributed by atoms with E-state index in [0.717, 1.165) is 24.0 Å². The first-order chi connectivity index (χ1) is 21.9. The summed E-state index contributed by atoms with van der Waals surface area (Å²) in [6.45, 7) is 17.4. The minimum Gasteiger partial charge on any atom is -0.465 e. The van der Waals surface area contributed by atoms with Crippen LogP contribution in [0.5, 0.6) is 11.5 Å². The van der Waals surface area contributed by atoms with E-state index in [1.165, 1.54) is 6.92 Å². The highest BCUT2D eigenvalue weighted by atomic mass is 16.6. The van der Waals surface area contributed by atoms with E-state index in [2.05, 4.69) is 13.2 Å². The zero-order valence-electron chi connectivity index (χ0n) is 28.0. The summed E-state index contributed by atoms with van der Waals surface area (Å²) in [4.78, 5) is 50.3. The van der Waals surface area contributed by atoms with Crippen molar-refractivity contribution in [2.45, 2.75) is 73.1 Å². The number of hydrogen-bond acceptors (Lipinski definition) is 8. The van der Waals surface area contributed by atoms with Crippen LogP contribution in [0.4, 0.5) is 0 Å². The Morgan fingerprint density at radius 3 is 1.22 bits per heavy atom. The van der Waals surface area contributed by atoms with Gasteiger partial charge in [0.15, 0.2) is 5.92 Å². The van der Waals surface area contributed by atoms with Gasteiger partial charge in [0.1, 0.15) is 11.5 Å². The van der Waals surface area contributed by atoms with Crippen molar-refractivity contribution >= 4 is 23.9 Å². The Bertz CT molecular complexity index is 1190. The molecule has 0 aromatic heterocycles. The monoisotopic (exact) mass is 634 g/mol. The van der Waals surface area contributed by atoms with Gasteiger partial charge in [-0.3, -0.25) is 19.2 Å². The maximum Gasteiger partial charge on any atom is 0.320 e. The molecule has 0 aliphatic carbocycles. The maximum atomic E-state index is 12.7. The van der Waals surface area contributed by atoms with Gasteiger partial charge in [-0.05, 0) is 95.4 Å². The fourth-order valence-electron chi connectivity index (χ4n) is 4.74. The molecule has 2 rings (SSSR count). The van der Waals surface area contributed by atoms with Gasteiger partial charge in [-0.15, -0.1) is 0 Å². The average Bonchev–Trinajstić information content (AvgIpc) is 3.01. The van der Waals surface area contributed by atoms with E-state index in [1.807, 2.05) is 39.8 Å². The molecule has 0 bridgehead atoms. The zero-order chi connectivity index (χ0) is 34.1. The number of para-hydroxylation sites is 2. The minimum atomic E-state index is -1.04. The summed E-state index contributed by atoms with van der Waals surface area (Å²) in [6.07, 6.45) is 3.76. The van der Waals surface area contributed by atoms with Crippen molar-refractivity contribution in [3.8, 4) is 11.5 Å². The molecule has 0 spiro atoms. The largest absolute Gasteiger partial charge is 0.465 e. The number of ether oxygens (including phenoxy) is 4. The third-order valence-electron chi connectivity index (χ3n) is 8.00. The maximum absolute atomic E-state index is 12.7. The van der Waals surface area contributed by atoms with Crippen LogP contribution in [0.1, 0.15) is 73.1 Å². The topological polar surface area (TPSA) is 105 Å². The lowest BCUT2D eigenvalue weighted by molar-refractivity contribution is -0.161. The van der Waals surface area contributed by atoms with E-state index in [9.17, 15) is 19.2 Å². The molecular formula is C38H50O8. The first kappa shape index (κ1) is 38.0. The van der Waals surface area contributed by atoms with E-state index in [4.69, 9.17) is 18.9 Å². The van der Waals surface area contributed by atoms with Gasteiger partial charge in [-0.2, -0.15) is 0 Å². The first-order valence-corrected chi connectivity index (χ1v) is 16.1. The predicted octanol–water partition coefficient (Wildman–Crippen LogP) is 7.92. The molecule has 2 aromatic rings. The van der Waals surface area contributed by atoms with Crippen LogP contribution in [-0.4, -0.2) is 37.1 Å². The second kappa shape index (κ2) is 20.0. The Hall–Kier alpha value is -4.20. The van der Waals surface area contributed by atoms with Gasteiger partial charge in [-0.1, -0.05) is 74.5 Å². The molecule has 250 valence electrons. The van der Waals surface area contributed by atoms with Crippen LogP contribution in [0.2, 0.25) is 0 Å². The summed E-state index contributed by atoms with van der Waals surface area (Å²) >= 11 is 0. The molecule has 0 saturated heterocycles. The number of carbonyl (C=O) groups excluding carboxylic acids is 4. The Morgan fingerprint density at radius 1 is 0.543 bits per heavy atom. The van der Waals surface area contributed by atoms with Crippen molar-refractivity contribution < 1.29 is 38.1 Å². The van der Waals surface area contributed by atoms with E-state index < -0.39 is 29.7 Å². The second-order valence-electron chi connectivity index (χ2n) is 12.3. The highest BCUT2D eigenvalue weighted by Crippen LogP contribution is 2.25. The molecule has 0 saturated carbocycles. The smallest absolute Gasteiger partial charge is 0.320 e. The summed E-state index contributed by atoms with van der Waals surface area (Å²) in [5.41, 5.74) is 1.47. The van der Waals surface area contributed by atoms with Gasteiger partial charge < -0.3 is 18.9 Å². The van der Waals surface area contributed by atoms with Gasteiger partial charge in [-0.25, -0.2) is 0 Å². The molecule has 0 aliphatic heterocycles. The van der Waals surface area contributed by atoms with Crippen LogP contribution in [0.3, 0.4) is 0 Å². The zero-order valence-corrected chi connectivity index (χ0v) is 28.0. The molecule has 0 aliphatic rings. The highest BCUT2D eigenvalue weighted by Gasteiger charge is 2.26. The normalized spacial score (nSPS) is 14.1. The van der Waals surface area contributed by atoms with Gasteiger partial charge in [0.05, 0.1) is 25.0 Å². The molecule has 2 aromatic carbocycles. The number of benzene rings is 2. The van der Waals surface area contributed by atoms with Crippen LogP contribution in [0.15, 0.2) is 85.0 Å². The highest BCUT2D eigenvalue weighted by molar-refractivity contribution is 5.94. The van der Waals surface area contributed by atoms with Crippen molar-refractivity contribution in [2.24, 2.45) is 29.6 Å². The van der Waals surface area contributed by atoms with Gasteiger partial charge in [0, 0.05) is 0 Å². The number of esters is 4. The Balaban J connectivity index is 1.66. The third-order valence-corrected chi connectivity index (χ3v) is 8.00. The van der Waals surface area contributed by atoms with Gasteiger partial charge in [0.25, 0.3) is 0 Å². The summed E-state index contributed by atoms with van der Waals surface area (Å²) in [5.74, 6) is -2.47. The first-order valence-electron chi connectivity index (χ1n) is 16.1. The fourth-order valence-corrected chi connectivity index (χ4v) is 4.74. The minimum absolute atomic E-state index is 0.164. The fraction of sp³-hybridized carbons (Fsp3) is 0.474. The molecule has 8 nitrogen and oxygen atoms in total. The van der Waals surface area contributed by atoms with Crippen molar-refractivity contribution in [2.75, 3.05) is 13.2 Å². The number of carbonyl (C=O) groups is 4. The average molecular weight is 635 g/mol. The number of rotatable bonds is 20. The number of hydrogen-bond donors (Lipinski definition) is 0. The lowest BCUT2D eigenvalue weighted by atomic mass is 9.91. The van der Waals surface area contributed by atoms with Crippen molar-refractivity contribution in [3.63, 3.8) is 0 Å². The van der Waals surface area contributed by atoms with Gasteiger partial charge >= 0.3 is 23.9 Å². The molecule has 8 heteroatoms. The van der Waals surface area contributed by atoms with Crippen LogP contribution >= 0.6 is 0 Å². The van der Waals surface area contributed by atoms with E-state index in [1.54, 1.807) is 48.5 Å². The van der Waals surface area contributed by atoms with E-state index >= 15 is 0 Å². The molecule has 46 heavy (non-hydrogen) atoms. The molecule has 0 N–H and O–H groups in total. The molecule has 0 amide bonds. The lowest BCUT2D eigenvalue weighted by Crippen LogP contribution is -2.26. The summed E-state index contributed by atoms with van der Waals surface area (Å²) in [6, 6.07) is 17.9.